The lowest BCUT2D eigenvalue weighted by molar-refractivity contribution is -0.119. The fourth-order valence-corrected chi connectivity index (χ4v) is 6.09. The third-order valence-electron chi connectivity index (χ3n) is 6.53. The van der Waals surface area contributed by atoms with Crippen molar-refractivity contribution in [2.45, 2.75) is 23.5 Å². The lowest BCUT2D eigenvalue weighted by atomic mass is 10.0. The van der Waals surface area contributed by atoms with Crippen LogP contribution < -0.4 is 5.43 Å². The Balaban J connectivity index is 1.67. The van der Waals surface area contributed by atoms with Gasteiger partial charge in [0.1, 0.15) is 17.2 Å². The van der Waals surface area contributed by atoms with Gasteiger partial charge in [-0.2, -0.15) is 0 Å². The van der Waals surface area contributed by atoms with Crippen LogP contribution in [0.15, 0.2) is 58.2 Å². The van der Waals surface area contributed by atoms with Crippen LogP contribution in [0, 0.1) is 18.6 Å². The van der Waals surface area contributed by atoms with E-state index in [0.717, 1.165) is 23.1 Å². The van der Waals surface area contributed by atoms with E-state index < -0.39 is 22.8 Å². The van der Waals surface area contributed by atoms with Crippen molar-refractivity contribution in [1.29, 1.82) is 0 Å². The molecule has 1 saturated heterocycles. The summed E-state index contributed by atoms with van der Waals surface area (Å²) in [7, 11) is 0. The Hall–Kier alpha value is -3.46. The van der Waals surface area contributed by atoms with Gasteiger partial charge in [-0.15, -0.1) is 11.8 Å². The third-order valence-corrected chi connectivity index (χ3v) is 7.83. The van der Waals surface area contributed by atoms with E-state index in [-0.39, 0.29) is 17.4 Å². The molecular weight excluding hydrogens is 472 g/mol. The maximum Gasteiger partial charge on any atom is 0.259 e. The molecule has 5 rings (SSSR count). The summed E-state index contributed by atoms with van der Waals surface area (Å²) in [6.07, 6.45) is 0.957. The molecule has 0 saturated carbocycles. The van der Waals surface area contributed by atoms with Crippen LogP contribution in [0.1, 0.15) is 32.6 Å². The number of piperazine rings is 1. The number of hydrogen-bond acceptors (Lipinski definition) is 4. The van der Waals surface area contributed by atoms with E-state index >= 15 is 0 Å². The maximum absolute atomic E-state index is 14.9. The zero-order chi connectivity index (χ0) is 24.7. The summed E-state index contributed by atoms with van der Waals surface area (Å²) in [5.41, 5.74) is 1.95. The van der Waals surface area contributed by atoms with E-state index in [0.29, 0.717) is 43.1 Å². The zero-order valence-corrected chi connectivity index (χ0v) is 19.9. The summed E-state index contributed by atoms with van der Waals surface area (Å²) < 4.78 is 30.4. The summed E-state index contributed by atoms with van der Waals surface area (Å²) in [6.45, 7) is 3.25. The average Bonchev–Trinajstić information content (AvgIpc) is 3.01. The van der Waals surface area contributed by atoms with E-state index in [2.05, 4.69) is 0 Å². The molecule has 2 aliphatic rings. The van der Waals surface area contributed by atoms with Gasteiger partial charge >= 0.3 is 0 Å². The molecule has 2 aromatic carbocycles. The number of nitrogens with zero attached hydrogens (tertiary/aromatic N) is 3. The Kier molecular flexibility index (Phi) is 6.19. The highest BCUT2D eigenvalue weighted by Crippen LogP contribution is 2.45. The first-order valence-electron chi connectivity index (χ1n) is 11.3. The van der Waals surface area contributed by atoms with Gasteiger partial charge in [0.15, 0.2) is 5.43 Å². The van der Waals surface area contributed by atoms with Crippen LogP contribution in [0.2, 0.25) is 0 Å². The molecule has 0 aliphatic carbocycles. The summed E-state index contributed by atoms with van der Waals surface area (Å²) in [4.78, 5) is 42.0. The molecule has 0 spiro atoms. The number of carbonyl (C=O) groups is 2. The molecule has 1 fully saturated rings. The second-order valence-electron chi connectivity index (χ2n) is 8.68. The number of benzene rings is 2. The van der Waals surface area contributed by atoms with E-state index in [1.807, 2.05) is 35.8 Å². The summed E-state index contributed by atoms with van der Waals surface area (Å²) in [5, 5.41) is -0.481. The molecule has 3 heterocycles. The summed E-state index contributed by atoms with van der Waals surface area (Å²) >= 11 is 1.43. The van der Waals surface area contributed by atoms with Crippen LogP contribution in [-0.4, -0.2) is 52.9 Å². The van der Waals surface area contributed by atoms with Crippen molar-refractivity contribution in [3.05, 3.63) is 92.9 Å². The molecule has 2 aliphatic heterocycles. The van der Waals surface area contributed by atoms with Crippen LogP contribution in [0.5, 0.6) is 0 Å². The fourth-order valence-electron chi connectivity index (χ4n) is 4.79. The van der Waals surface area contributed by atoms with Crippen molar-refractivity contribution in [2.75, 3.05) is 26.2 Å². The lowest BCUT2D eigenvalue weighted by Gasteiger charge is -2.33. The molecule has 2 amide bonds. The highest BCUT2D eigenvalue weighted by molar-refractivity contribution is 7.99. The molecule has 0 N–H and O–H groups in total. The van der Waals surface area contributed by atoms with Crippen molar-refractivity contribution >= 4 is 24.1 Å². The predicted molar refractivity (Wildman–Crippen MR) is 129 cm³/mol. The Morgan fingerprint density at radius 3 is 2.51 bits per heavy atom. The molecule has 0 radical (unpaired) electrons. The van der Waals surface area contributed by atoms with Gasteiger partial charge in [0.2, 0.25) is 6.41 Å². The normalized spacial score (nSPS) is 17.4. The highest BCUT2D eigenvalue weighted by Gasteiger charge is 2.32. The van der Waals surface area contributed by atoms with Gasteiger partial charge in [-0.05, 0) is 25.1 Å². The van der Waals surface area contributed by atoms with Crippen molar-refractivity contribution in [3.8, 4) is 5.69 Å². The zero-order valence-electron chi connectivity index (χ0n) is 19.0. The largest absolute Gasteiger partial charge is 0.342 e. The monoisotopic (exact) mass is 495 g/mol. The molecule has 35 heavy (non-hydrogen) atoms. The van der Waals surface area contributed by atoms with E-state index in [4.69, 9.17) is 0 Å². The van der Waals surface area contributed by atoms with Crippen LogP contribution in [0.3, 0.4) is 0 Å². The van der Waals surface area contributed by atoms with Crippen molar-refractivity contribution in [2.24, 2.45) is 0 Å². The first-order valence-corrected chi connectivity index (χ1v) is 12.2. The second-order valence-corrected chi connectivity index (χ2v) is 9.93. The fraction of sp³-hybridized carbons (Fsp3) is 0.269. The Morgan fingerprint density at radius 1 is 1.06 bits per heavy atom. The van der Waals surface area contributed by atoms with E-state index in [1.54, 1.807) is 9.80 Å². The standard InChI is InChI=1S/C26H23F2N3O3S/c1-16-12-22(33)25(26(34)30-10-8-29(15-32)9-11-30)21-14-24(18-7-6-17(27)13-19(18)28)35-23-5-3-2-4-20(23)31(16)21/h2-7,12-13,15,24H,8-11,14H2,1H3. The van der Waals surface area contributed by atoms with Crippen LogP contribution in [0.25, 0.3) is 5.69 Å². The smallest absolute Gasteiger partial charge is 0.259 e. The SMILES string of the molecule is Cc1cc(=O)c(C(=O)N2CCN(C=O)CC2)c2n1-c1ccccc1SC(c1ccc(F)cc1F)C2. The topological polar surface area (TPSA) is 62.6 Å². The molecule has 6 nitrogen and oxygen atoms in total. The third kappa shape index (κ3) is 4.25. The average molecular weight is 496 g/mol. The first-order chi connectivity index (χ1) is 16.9. The predicted octanol–water partition coefficient (Wildman–Crippen LogP) is 3.73. The number of hydrogen-bond donors (Lipinski definition) is 0. The number of amides is 2. The van der Waals surface area contributed by atoms with Gasteiger partial charge in [0.05, 0.1) is 5.69 Å². The lowest BCUT2D eigenvalue weighted by Crippen LogP contribution is -2.49. The van der Waals surface area contributed by atoms with Crippen LogP contribution in [-0.2, 0) is 11.2 Å². The van der Waals surface area contributed by atoms with Crippen LogP contribution >= 0.6 is 11.8 Å². The number of aromatic nitrogens is 1. The van der Waals surface area contributed by atoms with Gasteiger partial charge in [0, 0.05) is 71.8 Å². The number of fused-ring (bicyclic) bond motifs is 3. The number of carbonyl (C=O) groups excluding carboxylic acids is 2. The molecule has 0 bridgehead atoms. The molecular formula is C26H23F2N3O3S. The number of halogens is 2. The second kappa shape index (κ2) is 9.30. The van der Waals surface area contributed by atoms with Gasteiger partial charge in [-0.1, -0.05) is 18.2 Å². The van der Waals surface area contributed by atoms with Crippen LogP contribution in [0.4, 0.5) is 8.78 Å². The molecule has 9 heteroatoms. The van der Waals surface area contributed by atoms with E-state index in [1.165, 1.54) is 30.0 Å². The van der Waals surface area contributed by atoms with Crippen molar-refractivity contribution in [1.82, 2.24) is 14.4 Å². The first kappa shape index (κ1) is 23.3. The van der Waals surface area contributed by atoms with Gasteiger partial charge in [0.25, 0.3) is 5.91 Å². The molecule has 180 valence electrons. The number of para-hydroxylation sites is 1. The Labute approximate surface area is 205 Å². The van der Waals surface area contributed by atoms with Gasteiger partial charge < -0.3 is 14.4 Å². The minimum atomic E-state index is -0.665. The number of pyridine rings is 1. The molecule has 3 aromatic rings. The minimum Gasteiger partial charge on any atom is -0.342 e. The highest BCUT2D eigenvalue weighted by atomic mass is 32.2. The van der Waals surface area contributed by atoms with Gasteiger partial charge in [-0.3, -0.25) is 14.4 Å². The molecule has 1 unspecified atom stereocenters. The van der Waals surface area contributed by atoms with E-state index in [9.17, 15) is 23.2 Å². The summed E-state index contributed by atoms with van der Waals surface area (Å²) in [5.74, 6) is -1.73. The number of thioether (sulfide) groups is 1. The Morgan fingerprint density at radius 2 is 1.80 bits per heavy atom. The Bertz CT molecular complexity index is 1380. The number of rotatable bonds is 3. The maximum atomic E-state index is 14.9. The van der Waals surface area contributed by atoms with Crippen molar-refractivity contribution in [3.63, 3.8) is 0 Å². The quantitative estimate of drug-likeness (QED) is 0.520. The number of aryl methyl sites for hydroxylation is 1. The summed E-state index contributed by atoms with van der Waals surface area (Å²) in [6, 6.07) is 12.5. The minimum absolute atomic E-state index is 0.0555. The molecule has 1 atom stereocenters. The molecule has 1 aromatic heterocycles. The van der Waals surface area contributed by atoms with Gasteiger partial charge in [-0.25, -0.2) is 8.78 Å². The van der Waals surface area contributed by atoms with Crippen molar-refractivity contribution < 1.29 is 18.4 Å².